The van der Waals surface area contributed by atoms with Gasteiger partial charge in [-0.15, -0.1) is 11.6 Å². The second-order valence-electron chi connectivity index (χ2n) is 4.45. The van der Waals surface area contributed by atoms with Crippen molar-refractivity contribution in [1.29, 1.82) is 0 Å². The molecule has 94 valence electrons. The van der Waals surface area contributed by atoms with Crippen LogP contribution in [0.1, 0.15) is 19.4 Å². The van der Waals surface area contributed by atoms with Crippen molar-refractivity contribution in [3.63, 3.8) is 0 Å². The van der Waals surface area contributed by atoms with E-state index in [1.165, 1.54) is 12.1 Å². The molecule has 0 radical (unpaired) electrons. The first-order valence-corrected chi connectivity index (χ1v) is 6.06. The highest BCUT2D eigenvalue weighted by Crippen LogP contribution is 2.18. The van der Waals surface area contributed by atoms with E-state index in [2.05, 4.69) is 5.32 Å². The standard InChI is InChI=1S/C12H14Cl2FNO/c1-12(2,7-13)11(17)16-6-8-3-4-10(15)9(14)5-8/h3-5H,6-7H2,1-2H3,(H,16,17). The average Bonchev–Trinajstić information content (AvgIpc) is 2.30. The van der Waals surface area contributed by atoms with Crippen LogP contribution in [0.2, 0.25) is 5.02 Å². The van der Waals surface area contributed by atoms with Crippen LogP contribution in [0.4, 0.5) is 4.39 Å². The largest absolute Gasteiger partial charge is 0.352 e. The summed E-state index contributed by atoms with van der Waals surface area (Å²) in [5.41, 5.74) is 0.126. The molecule has 0 saturated heterocycles. The van der Waals surface area contributed by atoms with Crippen molar-refractivity contribution in [3.8, 4) is 0 Å². The van der Waals surface area contributed by atoms with Crippen molar-refractivity contribution in [2.24, 2.45) is 5.41 Å². The summed E-state index contributed by atoms with van der Waals surface area (Å²) in [7, 11) is 0. The molecular weight excluding hydrogens is 264 g/mol. The van der Waals surface area contributed by atoms with Gasteiger partial charge in [0.15, 0.2) is 0 Å². The van der Waals surface area contributed by atoms with Gasteiger partial charge in [-0.05, 0) is 31.5 Å². The van der Waals surface area contributed by atoms with Crippen molar-refractivity contribution < 1.29 is 9.18 Å². The van der Waals surface area contributed by atoms with Gasteiger partial charge in [0.05, 0.1) is 10.4 Å². The number of hydrogen-bond acceptors (Lipinski definition) is 1. The fourth-order valence-electron chi connectivity index (χ4n) is 1.13. The molecule has 0 unspecified atom stereocenters. The second kappa shape index (κ2) is 5.69. The zero-order valence-electron chi connectivity index (χ0n) is 9.69. The molecule has 2 nitrogen and oxygen atoms in total. The predicted octanol–water partition coefficient (Wildman–Crippen LogP) is 3.36. The average molecular weight is 278 g/mol. The molecule has 1 amide bonds. The third-order valence-electron chi connectivity index (χ3n) is 2.39. The van der Waals surface area contributed by atoms with E-state index in [-0.39, 0.29) is 16.8 Å². The minimum absolute atomic E-state index is 0.0494. The molecule has 0 saturated carbocycles. The summed E-state index contributed by atoms with van der Waals surface area (Å²) < 4.78 is 12.9. The number of hydrogen-bond donors (Lipinski definition) is 1. The van der Waals surface area contributed by atoms with Crippen LogP contribution in [0.25, 0.3) is 0 Å². The Labute approximate surface area is 110 Å². The lowest BCUT2D eigenvalue weighted by Crippen LogP contribution is -2.37. The first-order valence-electron chi connectivity index (χ1n) is 5.15. The Bertz CT molecular complexity index is 421. The molecule has 1 aromatic rings. The summed E-state index contributed by atoms with van der Waals surface area (Å²) in [5, 5.41) is 2.78. The summed E-state index contributed by atoms with van der Waals surface area (Å²) in [4.78, 5) is 11.7. The normalized spacial score (nSPS) is 11.4. The molecule has 0 aromatic heterocycles. The summed E-state index contributed by atoms with van der Waals surface area (Å²) in [6.45, 7) is 3.82. The lowest BCUT2D eigenvalue weighted by molar-refractivity contribution is -0.128. The quantitative estimate of drug-likeness (QED) is 0.841. The van der Waals surface area contributed by atoms with E-state index in [0.717, 1.165) is 5.56 Å². The molecule has 0 bridgehead atoms. The first-order chi connectivity index (χ1) is 7.86. The third-order valence-corrected chi connectivity index (χ3v) is 3.34. The maximum atomic E-state index is 12.9. The van der Waals surface area contributed by atoms with Gasteiger partial charge >= 0.3 is 0 Å². The van der Waals surface area contributed by atoms with Crippen molar-refractivity contribution in [1.82, 2.24) is 5.32 Å². The fraction of sp³-hybridized carbons (Fsp3) is 0.417. The topological polar surface area (TPSA) is 29.1 Å². The number of carbonyl (C=O) groups excluding carboxylic acids is 1. The molecule has 0 aliphatic carbocycles. The number of benzene rings is 1. The highest BCUT2D eigenvalue weighted by molar-refractivity contribution is 6.30. The molecule has 0 aliphatic heterocycles. The molecular formula is C12H14Cl2FNO. The fourth-order valence-corrected chi connectivity index (χ4v) is 1.46. The Balaban J connectivity index is 2.62. The molecule has 0 heterocycles. The molecule has 0 atom stereocenters. The van der Waals surface area contributed by atoms with Crippen LogP contribution in [0.3, 0.4) is 0 Å². The van der Waals surface area contributed by atoms with E-state index in [1.807, 2.05) is 0 Å². The van der Waals surface area contributed by atoms with E-state index >= 15 is 0 Å². The lowest BCUT2D eigenvalue weighted by atomic mass is 9.95. The van der Waals surface area contributed by atoms with Crippen LogP contribution >= 0.6 is 23.2 Å². The van der Waals surface area contributed by atoms with Crippen molar-refractivity contribution in [3.05, 3.63) is 34.6 Å². The molecule has 17 heavy (non-hydrogen) atoms. The Morgan fingerprint density at radius 1 is 1.47 bits per heavy atom. The van der Waals surface area contributed by atoms with Gasteiger partial charge in [0.2, 0.25) is 5.91 Å². The predicted molar refractivity (Wildman–Crippen MR) is 67.8 cm³/mol. The lowest BCUT2D eigenvalue weighted by Gasteiger charge is -2.20. The maximum absolute atomic E-state index is 12.9. The number of carbonyl (C=O) groups is 1. The molecule has 0 aliphatic rings. The Kier molecular flexibility index (Phi) is 4.78. The van der Waals surface area contributed by atoms with E-state index in [1.54, 1.807) is 19.9 Å². The van der Waals surface area contributed by atoms with Crippen molar-refractivity contribution in [2.75, 3.05) is 5.88 Å². The van der Waals surface area contributed by atoms with E-state index in [9.17, 15) is 9.18 Å². The smallest absolute Gasteiger partial charge is 0.227 e. The number of alkyl halides is 1. The van der Waals surface area contributed by atoms with Gasteiger partial charge < -0.3 is 5.32 Å². The van der Waals surface area contributed by atoms with Crippen LogP contribution in [-0.2, 0) is 11.3 Å². The van der Waals surface area contributed by atoms with Gasteiger partial charge in [-0.1, -0.05) is 17.7 Å². The number of halogens is 3. The van der Waals surface area contributed by atoms with Crippen LogP contribution in [0.15, 0.2) is 18.2 Å². The summed E-state index contributed by atoms with van der Waals surface area (Å²) in [5.74, 6) is -0.376. The van der Waals surface area contributed by atoms with E-state index in [4.69, 9.17) is 23.2 Å². The van der Waals surface area contributed by atoms with Crippen LogP contribution in [0, 0.1) is 11.2 Å². The third kappa shape index (κ3) is 3.86. The molecule has 1 rings (SSSR count). The van der Waals surface area contributed by atoms with Crippen LogP contribution in [-0.4, -0.2) is 11.8 Å². The number of nitrogens with one attached hydrogen (secondary N) is 1. The van der Waals surface area contributed by atoms with E-state index in [0.29, 0.717) is 6.54 Å². The number of rotatable bonds is 4. The summed E-state index contributed by atoms with van der Waals surface area (Å²) in [6.07, 6.45) is 0. The summed E-state index contributed by atoms with van der Waals surface area (Å²) >= 11 is 11.3. The van der Waals surface area contributed by atoms with Crippen LogP contribution < -0.4 is 5.32 Å². The van der Waals surface area contributed by atoms with Crippen molar-refractivity contribution in [2.45, 2.75) is 20.4 Å². The monoisotopic (exact) mass is 277 g/mol. The van der Waals surface area contributed by atoms with Gasteiger partial charge in [0.1, 0.15) is 5.82 Å². The molecule has 1 aromatic carbocycles. The minimum Gasteiger partial charge on any atom is -0.352 e. The highest BCUT2D eigenvalue weighted by Gasteiger charge is 2.25. The Hall–Kier alpha value is -0.800. The highest BCUT2D eigenvalue weighted by atomic mass is 35.5. The van der Waals surface area contributed by atoms with Gasteiger partial charge in [-0.3, -0.25) is 4.79 Å². The van der Waals surface area contributed by atoms with Crippen molar-refractivity contribution >= 4 is 29.1 Å². The van der Waals surface area contributed by atoms with Crippen LogP contribution in [0.5, 0.6) is 0 Å². The molecule has 0 fully saturated rings. The van der Waals surface area contributed by atoms with Gasteiger partial charge in [-0.25, -0.2) is 4.39 Å². The first kappa shape index (κ1) is 14.3. The number of amides is 1. The Morgan fingerprint density at radius 2 is 2.12 bits per heavy atom. The SMILES string of the molecule is CC(C)(CCl)C(=O)NCc1ccc(F)c(Cl)c1. The molecule has 5 heteroatoms. The van der Waals surface area contributed by atoms with Gasteiger partial charge in [0, 0.05) is 12.4 Å². The van der Waals surface area contributed by atoms with E-state index < -0.39 is 11.2 Å². The Morgan fingerprint density at radius 3 is 2.65 bits per heavy atom. The zero-order chi connectivity index (χ0) is 13.1. The second-order valence-corrected chi connectivity index (χ2v) is 5.12. The van der Waals surface area contributed by atoms with Gasteiger partial charge in [-0.2, -0.15) is 0 Å². The zero-order valence-corrected chi connectivity index (χ0v) is 11.2. The maximum Gasteiger partial charge on any atom is 0.227 e. The summed E-state index contributed by atoms with van der Waals surface area (Å²) in [6, 6.07) is 4.34. The van der Waals surface area contributed by atoms with Gasteiger partial charge in [0.25, 0.3) is 0 Å². The minimum atomic E-state index is -0.620. The molecule has 0 spiro atoms. The molecule has 1 N–H and O–H groups in total.